The topological polar surface area (TPSA) is 15.3 Å². The SMILES string of the molecule is CC1(C)CCC(C)(C)c2cc3c(cc21)N1c2cc4ccccc4c(-c4ccc(-c5ccccc5)c5c4Nc4cccc6c4C5(C)c4ccccc4-6)c2Bc2cccc(c21)C3(C)C. The Labute approximate surface area is 366 Å². The van der Waals surface area contributed by atoms with Gasteiger partial charge in [0.25, 0.3) is 0 Å². The largest absolute Gasteiger partial charge is 0.354 e. The lowest BCUT2D eigenvalue weighted by Crippen LogP contribution is -2.46. The number of fused-ring (bicyclic) bond motifs is 11. The first-order chi connectivity index (χ1) is 29.9. The second-order valence-electron chi connectivity index (χ2n) is 20.9. The van der Waals surface area contributed by atoms with Gasteiger partial charge >= 0.3 is 0 Å². The summed E-state index contributed by atoms with van der Waals surface area (Å²) in [7, 11) is 0.861. The van der Waals surface area contributed by atoms with Crippen LogP contribution in [0.4, 0.5) is 28.4 Å². The molecule has 1 N–H and O–H groups in total. The molecule has 0 fully saturated rings. The zero-order chi connectivity index (χ0) is 42.1. The predicted octanol–water partition coefficient (Wildman–Crippen LogP) is 13.7. The predicted molar refractivity (Wildman–Crippen MR) is 264 cm³/mol. The van der Waals surface area contributed by atoms with E-state index in [1.165, 1.54) is 135 Å². The van der Waals surface area contributed by atoms with Crippen LogP contribution >= 0.6 is 0 Å². The third-order valence-electron chi connectivity index (χ3n) is 16.3. The summed E-state index contributed by atoms with van der Waals surface area (Å²) in [6, 6.07) is 56.0. The standard InChI is InChI=1S/C59H51BN2/c1-56(2)29-30-57(3,4)44-33-48-45(32-43(44)56)58(5,6)42-24-16-25-46-55(42)62(48)49-31-35-19-11-12-20-36(35)50(53(49)60-46)40-28-27-37(34-17-9-8-10-18-34)52-54(40)61-47-26-15-22-39-38-21-13-14-23-41(38)59(52,7)51(39)47/h8-28,31-33,60-61H,29-30H2,1-7H3. The minimum Gasteiger partial charge on any atom is -0.354 e. The van der Waals surface area contributed by atoms with Crippen molar-refractivity contribution in [3.63, 3.8) is 0 Å². The van der Waals surface area contributed by atoms with Gasteiger partial charge in [0.1, 0.15) is 0 Å². The van der Waals surface area contributed by atoms with Crippen molar-refractivity contribution < 1.29 is 0 Å². The number of benzene rings is 8. The molecule has 0 amide bonds. The van der Waals surface area contributed by atoms with E-state index in [1.807, 2.05) is 0 Å². The molecule has 3 aliphatic heterocycles. The van der Waals surface area contributed by atoms with E-state index >= 15 is 0 Å². The van der Waals surface area contributed by atoms with Crippen molar-refractivity contribution in [1.82, 2.24) is 0 Å². The van der Waals surface area contributed by atoms with Gasteiger partial charge in [-0.3, -0.25) is 0 Å². The first kappa shape index (κ1) is 36.3. The number of para-hydroxylation sites is 1. The Morgan fingerprint density at radius 3 is 2.02 bits per heavy atom. The van der Waals surface area contributed by atoms with Crippen LogP contribution in [-0.2, 0) is 21.7 Å². The van der Waals surface area contributed by atoms with Crippen LogP contribution in [0.15, 0.2) is 146 Å². The van der Waals surface area contributed by atoms with E-state index in [0.29, 0.717) is 0 Å². The van der Waals surface area contributed by atoms with Crippen molar-refractivity contribution in [3.8, 4) is 33.4 Å². The second kappa shape index (κ2) is 12.0. The molecule has 5 aliphatic rings. The van der Waals surface area contributed by atoms with Crippen LogP contribution in [0.25, 0.3) is 44.2 Å². The molecule has 2 aliphatic carbocycles. The number of anilines is 5. The number of nitrogens with zero attached hydrogens (tertiary/aromatic N) is 1. The molecule has 0 bridgehead atoms. The summed E-state index contributed by atoms with van der Waals surface area (Å²) < 4.78 is 0. The smallest absolute Gasteiger partial charge is 0.198 e. The lowest BCUT2D eigenvalue weighted by molar-refractivity contribution is 0.331. The summed E-state index contributed by atoms with van der Waals surface area (Å²) in [5.41, 5.74) is 26.7. The maximum Gasteiger partial charge on any atom is 0.198 e. The van der Waals surface area contributed by atoms with Crippen LogP contribution in [0, 0.1) is 0 Å². The van der Waals surface area contributed by atoms with Gasteiger partial charge < -0.3 is 10.2 Å². The molecular formula is C59H51BN2. The van der Waals surface area contributed by atoms with E-state index in [9.17, 15) is 0 Å². The third kappa shape index (κ3) is 4.51. The van der Waals surface area contributed by atoms with Gasteiger partial charge in [-0.15, -0.1) is 0 Å². The van der Waals surface area contributed by atoms with Crippen LogP contribution in [0.3, 0.4) is 0 Å². The van der Waals surface area contributed by atoms with Crippen LogP contribution in [0.5, 0.6) is 0 Å². The molecule has 1 atom stereocenters. The quantitative estimate of drug-likeness (QED) is 0.175. The van der Waals surface area contributed by atoms with Gasteiger partial charge in [0, 0.05) is 33.5 Å². The van der Waals surface area contributed by atoms with Crippen LogP contribution in [0.1, 0.15) is 100 Å². The zero-order valence-electron chi connectivity index (χ0n) is 36.9. The highest BCUT2D eigenvalue weighted by Crippen LogP contribution is 2.63. The maximum absolute atomic E-state index is 4.19. The molecule has 8 aromatic rings. The molecule has 13 rings (SSSR count). The van der Waals surface area contributed by atoms with Crippen LogP contribution in [0.2, 0.25) is 0 Å². The van der Waals surface area contributed by atoms with Gasteiger partial charge in [0.05, 0.1) is 11.4 Å². The van der Waals surface area contributed by atoms with Gasteiger partial charge in [-0.25, -0.2) is 0 Å². The molecule has 2 nitrogen and oxygen atoms in total. The van der Waals surface area contributed by atoms with Gasteiger partial charge in [-0.2, -0.15) is 0 Å². The van der Waals surface area contributed by atoms with E-state index in [-0.39, 0.29) is 21.7 Å². The van der Waals surface area contributed by atoms with Crippen LogP contribution in [-0.4, -0.2) is 7.28 Å². The second-order valence-corrected chi connectivity index (χ2v) is 20.9. The molecule has 0 saturated carbocycles. The summed E-state index contributed by atoms with van der Waals surface area (Å²) in [6.45, 7) is 17.3. The van der Waals surface area contributed by atoms with E-state index in [1.54, 1.807) is 0 Å². The summed E-state index contributed by atoms with van der Waals surface area (Å²) in [6.07, 6.45) is 2.39. The van der Waals surface area contributed by atoms with Gasteiger partial charge in [-0.05, 0) is 132 Å². The number of rotatable bonds is 2. The Balaban J connectivity index is 1.14. The number of hydrogen-bond acceptors (Lipinski definition) is 2. The van der Waals surface area contributed by atoms with E-state index in [0.717, 1.165) is 7.28 Å². The lowest BCUT2D eigenvalue weighted by Gasteiger charge is -2.49. The van der Waals surface area contributed by atoms with Gasteiger partial charge in [-0.1, -0.05) is 174 Å². The van der Waals surface area contributed by atoms with E-state index in [2.05, 4.69) is 204 Å². The van der Waals surface area contributed by atoms with Crippen molar-refractivity contribution in [1.29, 1.82) is 0 Å². The summed E-state index contributed by atoms with van der Waals surface area (Å²) in [5.74, 6) is 0. The Morgan fingerprint density at radius 2 is 1.19 bits per heavy atom. The first-order valence-electron chi connectivity index (χ1n) is 22.8. The molecule has 0 aromatic heterocycles. The van der Waals surface area contributed by atoms with E-state index < -0.39 is 0 Å². The Morgan fingerprint density at radius 1 is 0.516 bits per heavy atom. The minimum absolute atomic E-state index is 0.0906. The fourth-order valence-electron chi connectivity index (χ4n) is 13.0. The average Bonchev–Trinajstić information content (AvgIpc) is 3.55. The van der Waals surface area contributed by atoms with Crippen molar-refractivity contribution >= 4 is 57.4 Å². The third-order valence-corrected chi connectivity index (χ3v) is 16.3. The molecule has 0 radical (unpaired) electrons. The molecule has 0 spiro atoms. The molecule has 300 valence electrons. The molecule has 3 heterocycles. The lowest BCUT2D eigenvalue weighted by atomic mass is 9.55. The fraction of sp³-hybridized carbons (Fsp3) is 0.220. The Kier molecular flexibility index (Phi) is 7.03. The molecule has 3 heteroatoms. The van der Waals surface area contributed by atoms with Crippen molar-refractivity contribution in [2.45, 2.75) is 83.0 Å². The van der Waals surface area contributed by atoms with Crippen molar-refractivity contribution in [3.05, 3.63) is 185 Å². The average molecular weight is 799 g/mol. The first-order valence-corrected chi connectivity index (χ1v) is 22.8. The van der Waals surface area contributed by atoms with Crippen molar-refractivity contribution in [2.24, 2.45) is 0 Å². The maximum atomic E-state index is 4.19. The number of nitrogens with one attached hydrogen (secondary N) is 1. The Hall–Kier alpha value is -6.32. The highest BCUT2D eigenvalue weighted by Gasteiger charge is 2.49. The Bertz CT molecular complexity index is 3300. The van der Waals surface area contributed by atoms with Gasteiger partial charge in [0.2, 0.25) is 0 Å². The normalized spacial score (nSPS) is 19.4. The van der Waals surface area contributed by atoms with E-state index in [4.69, 9.17) is 0 Å². The summed E-state index contributed by atoms with van der Waals surface area (Å²) >= 11 is 0. The van der Waals surface area contributed by atoms with Crippen LogP contribution < -0.4 is 21.1 Å². The minimum atomic E-state index is -0.368. The number of hydrogen-bond donors (Lipinski definition) is 1. The molecule has 8 aromatic carbocycles. The molecular weight excluding hydrogens is 747 g/mol. The molecule has 1 unspecified atom stereocenters. The van der Waals surface area contributed by atoms with Crippen molar-refractivity contribution in [2.75, 3.05) is 10.2 Å². The van der Waals surface area contributed by atoms with Gasteiger partial charge in [0.15, 0.2) is 7.28 Å². The monoisotopic (exact) mass is 798 g/mol. The highest BCUT2D eigenvalue weighted by molar-refractivity contribution is 6.74. The molecule has 62 heavy (non-hydrogen) atoms. The highest BCUT2D eigenvalue weighted by atomic mass is 15.2. The molecule has 0 saturated heterocycles. The fourth-order valence-corrected chi connectivity index (χ4v) is 13.0. The summed E-state index contributed by atoms with van der Waals surface area (Å²) in [4.78, 5) is 2.70. The summed E-state index contributed by atoms with van der Waals surface area (Å²) in [5, 5.41) is 6.75. The zero-order valence-corrected chi connectivity index (χ0v) is 36.9.